The van der Waals surface area contributed by atoms with Gasteiger partial charge in [-0.1, -0.05) is 66.7 Å². The molecule has 1 aliphatic rings. The van der Waals surface area contributed by atoms with E-state index in [9.17, 15) is 4.79 Å². The van der Waals surface area contributed by atoms with Gasteiger partial charge in [0.25, 0.3) is 0 Å². The van der Waals surface area contributed by atoms with Gasteiger partial charge < -0.3 is 5.32 Å². The third-order valence-electron chi connectivity index (χ3n) is 5.88. The number of carbonyl (C=O) groups is 1. The molecule has 0 bridgehead atoms. The summed E-state index contributed by atoms with van der Waals surface area (Å²) in [6.07, 6.45) is 0. The van der Waals surface area contributed by atoms with Crippen molar-refractivity contribution < 1.29 is 4.79 Å². The van der Waals surface area contributed by atoms with Gasteiger partial charge >= 0.3 is 0 Å². The van der Waals surface area contributed by atoms with Crippen LogP contribution in [0.5, 0.6) is 0 Å². The predicted octanol–water partition coefficient (Wildman–Crippen LogP) is 4.65. The number of benzene rings is 3. The predicted molar refractivity (Wildman–Crippen MR) is 127 cm³/mol. The van der Waals surface area contributed by atoms with Gasteiger partial charge in [-0.15, -0.1) is 0 Å². The van der Waals surface area contributed by atoms with E-state index < -0.39 is 0 Å². The Balaban J connectivity index is 1.38. The third kappa shape index (κ3) is 5.60. The van der Waals surface area contributed by atoms with Crippen LogP contribution in [0.1, 0.15) is 28.3 Å². The number of hydrogen-bond acceptors (Lipinski definition) is 3. The summed E-state index contributed by atoms with van der Waals surface area (Å²) in [4.78, 5) is 17.4. The molecule has 1 amide bonds. The molecule has 1 fully saturated rings. The van der Waals surface area contributed by atoms with Gasteiger partial charge in [0.1, 0.15) is 0 Å². The molecular formula is C27H31N3O. The fraction of sp³-hybridized carbons (Fsp3) is 0.296. The zero-order valence-corrected chi connectivity index (χ0v) is 18.4. The van der Waals surface area contributed by atoms with Crippen molar-refractivity contribution in [3.05, 3.63) is 101 Å². The number of amides is 1. The van der Waals surface area contributed by atoms with Crippen molar-refractivity contribution in [3.63, 3.8) is 0 Å². The first-order valence-corrected chi connectivity index (χ1v) is 11.0. The molecule has 0 aromatic heterocycles. The summed E-state index contributed by atoms with van der Waals surface area (Å²) in [6, 6.07) is 27.8. The van der Waals surface area contributed by atoms with Crippen LogP contribution in [-0.2, 0) is 4.79 Å². The van der Waals surface area contributed by atoms with Crippen LogP contribution in [0, 0.1) is 13.8 Å². The van der Waals surface area contributed by atoms with E-state index in [1.54, 1.807) is 0 Å². The van der Waals surface area contributed by atoms with Gasteiger partial charge in [-0.3, -0.25) is 14.6 Å². The number of anilines is 1. The van der Waals surface area contributed by atoms with Gasteiger partial charge in [-0.05, 0) is 48.2 Å². The topological polar surface area (TPSA) is 35.6 Å². The van der Waals surface area contributed by atoms with Crippen molar-refractivity contribution in [2.45, 2.75) is 19.9 Å². The van der Waals surface area contributed by atoms with Crippen LogP contribution < -0.4 is 5.32 Å². The van der Waals surface area contributed by atoms with Crippen molar-refractivity contribution in [2.24, 2.45) is 0 Å². The van der Waals surface area contributed by atoms with E-state index in [1.807, 2.05) is 12.1 Å². The van der Waals surface area contributed by atoms with E-state index in [2.05, 4.69) is 95.7 Å². The number of hydrogen-bond donors (Lipinski definition) is 1. The van der Waals surface area contributed by atoms with Crippen LogP contribution in [0.2, 0.25) is 0 Å². The SMILES string of the molecule is Cc1cc(C)cc(NC(=O)CN2CCN(C(c3ccccc3)c3ccccc3)CC2)c1. The largest absolute Gasteiger partial charge is 0.325 e. The van der Waals surface area contributed by atoms with E-state index in [0.717, 1.165) is 43.0 Å². The Morgan fingerprint density at radius 3 is 1.84 bits per heavy atom. The van der Waals surface area contributed by atoms with E-state index in [0.29, 0.717) is 6.54 Å². The number of carbonyl (C=O) groups excluding carboxylic acids is 1. The highest BCUT2D eigenvalue weighted by Crippen LogP contribution is 2.29. The third-order valence-corrected chi connectivity index (χ3v) is 5.88. The molecule has 0 saturated carbocycles. The number of aryl methyl sites for hydroxylation is 2. The second-order valence-corrected chi connectivity index (χ2v) is 8.46. The lowest BCUT2D eigenvalue weighted by atomic mass is 9.96. The summed E-state index contributed by atoms with van der Waals surface area (Å²) >= 11 is 0. The average molecular weight is 414 g/mol. The molecule has 0 atom stereocenters. The average Bonchev–Trinajstić information content (AvgIpc) is 2.76. The van der Waals surface area contributed by atoms with Crippen LogP contribution in [0.3, 0.4) is 0 Å². The lowest BCUT2D eigenvalue weighted by Crippen LogP contribution is -2.49. The fourth-order valence-electron chi connectivity index (χ4n) is 4.51. The first kappa shape index (κ1) is 21.3. The Kier molecular flexibility index (Phi) is 6.80. The fourth-order valence-corrected chi connectivity index (χ4v) is 4.51. The van der Waals surface area contributed by atoms with Gasteiger partial charge in [-0.25, -0.2) is 0 Å². The molecule has 1 saturated heterocycles. The maximum Gasteiger partial charge on any atom is 0.238 e. The highest BCUT2D eigenvalue weighted by molar-refractivity contribution is 5.92. The molecule has 0 unspecified atom stereocenters. The second-order valence-electron chi connectivity index (χ2n) is 8.46. The van der Waals surface area contributed by atoms with Gasteiger partial charge in [0.15, 0.2) is 0 Å². The summed E-state index contributed by atoms with van der Waals surface area (Å²) in [5.41, 5.74) is 5.84. The number of nitrogens with one attached hydrogen (secondary N) is 1. The number of rotatable bonds is 6. The van der Waals surface area contributed by atoms with Crippen molar-refractivity contribution in [3.8, 4) is 0 Å². The standard InChI is InChI=1S/C27H31N3O/c1-21-17-22(2)19-25(18-21)28-26(31)20-29-13-15-30(16-14-29)27(23-9-5-3-6-10-23)24-11-7-4-8-12-24/h3-12,17-19,27H,13-16,20H2,1-2H3,(H,28,31). The Labute approximate surface area is 185 Å². The highest BCUT2D eigenvalue weighted by Gasteiger charge is 2.27. The molecule has 1 aliphatic heterocycles. The summed E-state index contributed by atoms with van der Waals surface area (Å²) in [7, 11) is 0. The Morgan fingerprint density at radius 2 is 1.32 bits per heavy atom. The van der Waals surface area contributed by atoms with E-state index in [4.69, 9.17) is 0 Å². The van der Waals surface area contributed by atoms with Crippen LogP contribution in [0.25, 0.3) is 0 Å². The zero-order chi connectivity index (χ0) is 21.6. The van der Waals surface area contributed by atoms with E-state index >= 15 is 0 Å². The first-order valence-electron chi connectivity index (χ1n) is 11.0. The van der Waals surface area contributed by atoms with Crippen LogP contribution in [0.4, 0.5) is 5.69 Å². The number of piperazine rings is 1. The minimum Gasteiger partial charge on any atom is -0.325 e. The smallest absolute Gasteiger partial charge is 0.238 e. The van der Waals surface area contributed by atoms with Gasteiger partial charge in [-0.2, -0.15) is 0 Å². The van der Waals surface area contributed by atoms with E-state index in [1.165, 1.54) is 11.1 Å². The molecular weight excluding hydrogens is 382 g/mol. The zero-order valence-electron chi connectivity index (χ0n) is 18.4. The maximum absolute atomic E-state index is 12.6. The Hall–Kier alpha value is -2.95. The van der Waals surface area contributed by atoms with Gasteiger partial charge in [0.05, 0.1) is 12.6 Å². The molecule has 0 aliphatic carbocycles. The molecule has 3 aromatic carbocycles. The highest BCUT2D eigenvalue weighted by atomic mass is 16.2. The van der Waals surface area contributed by atoms with Crippen LogP contribution in [-0.4, -0.2) is 48.4 Å². The van der Waals surface area contributed by atoms with E-state index in [-0.39, 0.29) is 11.9 Å². The van der Waals surface area contributed by atoms with Crippen molar-refractivity contribution in [2.75, 3.05) is 38.0 Å². The molecule has 1 N–H and O–H groups in total. The van der Waals surface area contributed by atoms with Gasteiger partial charge in [0, 0.05) is 31.9 Å². The molecule has 4 nitrogen and oxygen atoms in total. The minimum atomic E-state index is 0.0566. The summed E-state index contributed by atoms with van der Waals surface area (Å²) in [5, 5.41) is 3.06. The quantitative estimate of drug-likeness (QED) is 0.639. The molecule has 1 heterocycles. The maximum atomic E-state index is 12.6. The van der Waals surface area contributed by atoms with Crippen molar-refractivity contribution in [1.29, 1.82) is 0 Å². The normalized spacial score (nSPS) is 15.2. The number of nitrogens with zero attached hydrogens (tertiary/aromatic N) is 2. The van der Waals surface area contributed by atoms with Crippen LogP contribution >= 0.6 is 0 Å². The Bertz CT molecular complexity index is 936. The molecule has 160 valence electrons. The lowest BCUT2D eigenvalue weighted by Gasteiger charge is -2.39. The summed E-state index contributed by atoms with van der Waals surface area (Å²) < 4.78 is 0. The minimum absolute atomic E-state index is 0.0566. The molecule has 0 radical (unpaired) electrons. The molecule has 3 aromatic rings. The molecule has 4 heteroatoms. The molecule has 31 heavy (non-hydrogen) atoms. The second kappa shape index (κ2) is 9.90. The van der Waals surface area contributed by atoms with Crippen molar-refractivity contribution in [1.82, 2.24) is 9.80 Å². The molecule has 0 spiro atoms. The van der Waals surface area contributed by atoms with Crippen LogP contribution in [0.15, 0.2) is 78.9 Å². The lowest BCUT2D eigenvalue weighted by molar-refractivity contribution is -0.117. The summed E-state index contributed by atoms with van der Waals surface area (Å²) in [5.74, 6) is 0.0566. The monoisotopic (exact) mass is 413 g/mol. The Morgan fingerprint density at radius 1 is 0.806 bits per heavy atom. The molecule has 4 rings (SSSR count). The first-order chi connectivity index (χ1) is 15.1. The van der Waals surface area contributed by atoms with Crippen molar-refractivity contribution >= 4 is 11.6 Å². The summed E-state index contributed by atoms with van der Waals surface area (Å²) in [6.45, 7) is 8.18. The van der Waals surface area contributed by atoms with Gasteiger partial charge in [0.2, 0.25) is 5.91 Å².